The highest BCUT2D eigenvalue weighted by atomic mass is 19.1. The summed E-state index contributed by atoms with van der Waals surface area (Å²) in [7, 11) is 1.59. The topological polar surface area (TPSA) is 78.8 Å². The molecule has 3 aromatic rings. The molecule has 2 aromatic heterocycles. The number of allylic oxidation sites excluding steroid dienone is 1. The van der Waals surface area contributed by atoms with Gasteiger partial charge < -0.3 is 23.8 Å². The average molecular weight is 507 g/mol. The monoisotopic (exact) mass is 506 g/mol. The number of nitrogens with zero attached hydrogens (tertiary/aromatic N) is 4. The Labute approximate surface area is 215 Å². The smallest absolute Gasteiger partial charge is 0.230 e. The third-order valence-electron chi connectivity index (χ3n) is 7.64. The molecule has 0 unspecified atom stereocenters. The molecule has 1 aromatic carbocycles. The maximum absolute atomic E-state index is 15.1. The van der Waals surface area contributed by atoms with Crippen LogP contribution in [-0.2, 0) is 11.2 Å². The molecule has 2 saturated heterocycles. The van der Waals surface area contributed by atoms with Crippen LogP contribution in [0, 0.1) is 11.2 Å². The molecule has 0 N–H and O–H groups in total. The lowest BCUT2D eigenvalue weighted by Gasteiger charge is -2.47. The van der Waals surface area contributed by atoms with Gasteiger partial charge in [0.05, 0.1) is 49.7 Å². The van der Waals surface area contributed by atoms with E-state index in [1.54, 1.807) is 19.3 Å². The fourth-order valence-corrected chi connectivity index (χ4v) is 5.34. The quantitative estimate of drug-likeness (QED) is 0.403. The van der Waals surface area contributed by atoms with Crippen LogP contribution in [0.5, 0.6) is 23.1 Å². The third-order valence-corrected chi connectivity index (χ3v) is 7.64. The lowest BCUT2D eigenvalue weighted by atomic mass is 9.77. The Morgan fingerprint density at radius 3 is 2.68 bits per heavy atom. The fraction of sp³-hybridized carbons (Fsp3) is 0.464. The van der Waals surface area contributed by atoms with Gasteiger partial charge in [-0.3, -0.25) is 4.98 Å². The standard InChI is InChI=1S/C28H31FN4O4/c1-18-10-19-21(11-18)30-14-25(26(19)29)37-27-20-12-23(34-2)24(13-22(20)31-17-32-27)36-9-3-6-33-7-4-28(5-8-33)15-35-16-28/h10,12-14,17H,3-9,11,15-16H2,1-2H3. The van der Waals surface area contributed by atoms with Crippen LogP contribution in [0.4, 0.5) is 4.39 Å². The first-order chi connectivity index (χ1) is 18.0. The van der Waals surface area contributed by atoms with Gasteiger partial charge in [-0.05, 0) is 45.3 Å². The largest absolute Gasteiger partial charge is 0.493 e. The van der Waals surface area contributed by atoms with E-state index in [9.17, 15) is 0 Å². The van der Waals surface area contributed by atoms with Crippen molar-refractivity contribution in [2.24, 2.45) is 5.41 Å². The Kier molecular flexibility index (Phi) is 6.42. The molecular formula is C28H31FN4O4. The zero-order chi connectivity index (χ0) is 25.4. The maximum Gasteiger partial charge on any atom is 0.230 e. The molecule has 4 heterocycles. The van der Waals surface area contributed by atoms with Crippen molar-refractivity contribution in [1.82, 2.24) is 19.9 Å². The first kappa shape index (κ1) is 24.1. The van der Waals surface area contributed by atoms with Crippen molar-refractivity contribution < 1.29 is 23.3 Å². The molecule has 0 amide bonds. The number of likely N-dealkylation sites (tertiary alicyclic amines) is 1. The van der Waals surface area contributed by atoms with Gasteiger partial charge in [-0.1, -0.05) is 11.6 Å². The summed E-state index contributed by atoms with van der Waals surface area (Å²) >= 11 is 0. The summed E-state index contributed by atoms with van der Waals surface area (Å²) in [4.78, 5) is 15.5. The Bertz CT molecular complexity index is 1350. The van der Waals surface area contributed by atoms with Crippen molar-refractivity contribution in [3.63, 3.8) is 0 Å². The molecule has 194 valence electrons. The van der Waals surface area contributed by atoms with E-state index >= 15 is 4.39 Å². The molecule has 1 aliphatic carbocycles. The van der Waals surface area contributed by atoms with Gasteiger partial charge in [0, 0.05) is 30.0 Å². The molecular weight excluding hydrogens is 475 g/mol. The lowest BCUT2D eigenvalue weighted by Crippen LogP contribution is -2.51. The molecule has 0 bridgehead atoms. The number of ether oxygens (including phenoxy) is 4. The minimum atomic E-state index is -0.439. The van der Waals surface area contributed by atoms with Crippen LogP contribution in [0.2, 0.25) is 0 Å². The Balaban J connectivity index is 1.13. The van der Waals surface area contributed by atoms with Crippen LogP contribution in [0.15, 0.2) is 30.2 Å². The SMILES string of the molecule is COc1cc2c(Oc3cnc4c(c3F)C=C(C)C4)ncnc2cc1OCCCN1CCC2(CC1)COC2. The van der Waals surface area contributed by atoms with Gasteiger partial charge in [-0.2, -0.15) is 0 Å². The summed E-state index contributed by atoms with van der Waals surface area (Å²) in [5.41, 5.74) is 3.33. The first-order valence-corrected chi connectivity index (χ1v) is 12.8. The van der Waals surface area contributed by atoms with Crippen molar-refractivity contribution in [2.75, 3.05) is 46.6 Å². The van der Waals surface area contributed by atoms with E-state index in [1.807, 2.05) is 13.0 Å². The summed E-state index contributed by atoms with van der Waals surface area (Å²) in [6, 6.07) is 3.58. The molecule has 6 rings (SSSR count). The minimum Gasteiger partial charge on any atom is -0.493 e. The Morgan fingerprint density at radius 1 is 1.08 bits per heavy atom. The highest BCUT2D eigenvalue weighted by molar-refractivity contribution is 5.87. The summed E-state index contributed by atoms with van der Waals surface area (Å²) in [6.07, 6.45) is 8.62. The zero-order valence-corrected chi connectivity index (χ0v) is 21.3. The second-order valence-electron chi connectivity index (χ2n) is 10.3. The molecule has 1 spiro atoms. The Hall–Kier alpha value is -3.30. The number of hydrogen-bond donors (Lipinski definition) is 0. The van der Waals surface area contributed by atoms with Gasteiger partial charge in [0.1, 0.15) is 6.33 Å². The number of pyridine rings is 1. The maximum atomic E-state index is 15.1. The van der Waals surface area contributed by atoms with Gasteiger partial charge in [-0.25, -0.2) is 14.4 Å². The summed E-state index contributed by atoms with van der Waals surface area (Å²) < 4.78 is 38.1. The molecule has 0 radical (unpaired) electrons. The van der Waals surface area contributed by atoms with Crippen LogP contribution >= 0.6 is 0 Å². The second-order valence-corrected chi connectivity index (χ2v) is 10.3. The van der Waals surface area contributed by atoms with E-state index in [2.05, 4.69) is 19.9 Å². The van der Waals surface area contributed by atoms with Gasteiger partial charge >= 0.3 is 0 Å². The summed E-state index contributed by atoms with van der Waals surface area (Å²) in [5, 5.41) is 0.598. The second kappa shape index (κ2) is 9.87. The normalized spacial score (nSPS) is 18.4. The van der Waals surface area contributed by atoms with Crippen molar-refractivity contribution in [2.45, 2.75) is 32.6 Å². The van der Waals surface area contributed by atoms with Crippen LogP contribution in [-0.4, -0.2) is 66.4 Å². The molecule has 0 saturated carbocycles. The van der Waals surface area contributed by atoms with Crippen LogP contribution in [0.3, 0.4) is 0 Å². The zero-order valence-electron chi connectivity index (χ0n) is 21.3. The molecule has 2 fully saturated rings. The number of halogens is 1. The summed E-state index contributed by atoms with van der Waals surface area (Å²) in [5.74, 6) is 0.967. The first-order valence-electron chi connectivity index (χ1n) is 12.8. The van der Waals surface area contributed by atoms with Crippen molar-refractivity contribution in [3.8, 4) is 23.1 Å². The minimum absolute atomic E-state index is 0.0254. The highest BCUT2D eigenvalue weighted by Crippen LogP contribution is 2.39. The number of rotatable bonds is 8. The molecule has 2 aliphatic heterocycles. The number of benzene rings is 1. The van der Waals surface area contributed by atoms with Crippen molar-refractivity contribution >= 4 is 17.0 Å². The summed E-state index contributed by atoms with van der Waals surface area (Å²) in [6.45, 7) is 7.63. The molecule has 9 heteroatoms. The highest BCUT2D eigenvalue weighted by Gasteiger charge is 2.40. The van der Waals surface area contributed by atoms with Crippen molar-refractivity contribution in [3.05, 3.63) is 47.3 Å². The molecule has 3 aliphatic rings. The van der Waals surface area contributed by atoms with E-state index in [0.29, 0.717) is 46.4 Å². The fourth-order valence-electron chi connectivity index (χ4n) is 5.34. The van der Waals surface area contributed by atoms with E-state index in [4.69, 9.17) is 18.9 Å². The Morgan fingerprint density at radius 2 is 1.92 bits per heavy atom. The third kappa shape index (κ3) is 4.73. The van der Waals surface area contributed by atoms with Crippen LogP contribution in [0.25, 0.3) is 17.0 Å². The van der Waals surface area contributed by atoms with Gasteiger partial charge in [0.2, 0.25) is 5.88 Å². The number of aromatic nitrogens is 3. The lowest BCUT2D eigenvalue weighted by molar-refractivity contribution is -0.139. The predicted molar refractivity (Wildman–Crippen MR) is 137 cm³/mol. The van der Waals surface area contributed by atoms with E-state index in [0.717, 1.165) is 50.5 Å². The van der Waals surface area contributed by atoms with E-state index in [1.165, 1.54) is 25.4 Å². The van der Waals surface area contributed by atoms with Gasteiger partial charge in [0.25, 0.3) is 0 Å². The number of fused-ring (bicyclic) bond motifs is 2. The van der Waals surface area contributed by atoms with E-state index in [-0.39, 0.29) is 11.6 Å². The van der Waals surface area contributed by atoms with Gasteiger partial charge in [0.15, 0.2) is 23.1 Å². The molecule has 8 nitrogen and oxygen atoms in total. The van der Waals surface area contributed by atoms with Crippen molar-refractivity contribution in [1.29, 1.82) is 0 Å². The predicted octanol–water partition coefficient (Wildman–Crippen LogP) is 4.81. The molecule has 37 heavy (non-hydrogen) atoms. The van der Waals surface area contributed by atoms with Crippen LogP contribution < -0.4 is 14.2 Å². The van der Waals surface area contributed by atoms with Crippen LogP contribution in [0.1, 0.15) is 37.4 Å². The average Bonchev–Trinajstić information content (AvgIpc) is 3.28. The molecule has 0 atom stereocenters. The van der Waals surface area contributed by atoms with E-state index < -0.39 is 5.82 Å². The number of hydrogen-bond acceptors (Lipinski definition) is 8. The van der Waals surface area contributed by atoms with Gasteiger partial charge in [-0.15, -0.1) is 0 Å². The number of methoxy groups -OCH3 is 1. The number of piperidine rings is 1.